The van der Waals surface area contributed by atoms with Crippen LogP contribution in [-0.2, 0) is 21.0 Å². The fourth-order valence-electron chi connectivity index (χ4n) is 3.15. The third kappa shape index (κ3) is 4.91. The van der Waals surface area contributed by atoms with Gasteiger partial charge in [0.15, 0.2) is 21.5 Å². The van der Waals surface area contributed by atoms with Gasteiger partial charge in [0.1, 0.15) is 0 Å². The molecule has 0 spiro atoms. The second kappa shape index (κ2) is 8.60. The van der Waals surface area contributed by atoms with Crippen molar-refractivity contribution in [2.75, 3.05) is 12.1 Å². The standard InChI is InChI=1S/C21H24N8O2S2/c1-21(2,3)15-7-5-14(6-8-15)19-24-25-20(28(19)22)32-13-18-23-26-27-29(18)16-9-11-17(12-10-16)33(4,30)31/h5-12H,13,22H2,1-4H3. The molecule has 0 radical (unpaired) electrons. The van der Waals surface area contributed by atoms with Gasteiger partial charge in [0, 0.05) is 11.8 Å². The normalized spacial score (nSPS) is 12.2. The molecule has 0 amide bonds. The van der Waals surface area contributed by atoms with Crippen LogP contribution in [0.25, 0.3) is 17.1 Å². The number of tetrazole rings is 1. The van der Waals surface area contributed by atoms with E-state index in [2.05, 4.69) is 58.6 Å². The summed E-state index contributed by atoms with van der Waals surface area (Å²) in [5.74, 6) is 7.77. The van der Waals surface area contributed by atoms with Crippen LogP contribution in [0.3, 0.4) is 0 Å². The molecular formula is C21H24N8O2S2. The summed E-state index contributed by atoms with van der Waals surface area (Å²) in [6, 6.07) is 14.5. The molecule has 12 heteroatoms. The average Bonchev–Trinajstić information content (AvgIpc) is 3.37. The Morgan fingerprint density at radius 3 is 2.24 bits per heavy atom. The predicted octanol–water partition coefficient (Wildman–Crippen LogP) is 2.63. The van der Waals surface area contributed by atoms with Crippen LogP contribution in [-0.4, -0.2) is 49.8 Å². The molecule has 0 unspecified atom stereocenters. The van der Waals surface area contributed by atoms with E-state index in [0.717, 1.165) is 11.8 Å². The summed E-state index contributed by atoms with van der Waals surface area (Å²) in [7, 11) is -3.28. The van der Waals surface area contributed by atoms with E-state index in [9.17, 15) is 8.42 Å². The lowest BCUT2D eigenvalue weighted by Gasteiger charge is -2.19. The molecule has 2 N–H and O–H groups in total. The molecule has 2 heterocycles. The van der Waals surface area contributed by atoms with Gasteiger partial charge in [-0.05, 0) is 45.7 Å². The third-order valence-electron chi connectivity index (χ3n) is 5.05. The molecule has 4 rings (SSSR count). The lowest BCUT2D eigenvalue weighted by Crippen LogP contribution is -2.13. The number of nitrogens with two attached hydrogens (primary N) is 1. The number of thioether (sulfide) groups is 1. The Bertz CT molecular complexity index is 1370. The van der Waals surface area contributed by atoms with Gasteiger partial charge >= 0.3 is 0 Å². The first-order valence-electron chi connectivity index (χ1n) is 10.1. The van der Waals surface area contributed by atoms with Crippen molar-refractivity contribution in [3.8, 4) is 17.1 Å². The van der Waals surface area contributed by atoms with Crippen molar-refractivity contribution in [1.82, 2.24) is 35.1 Å². The average molecular weight is 485 g/mol. The molecule has 0 bridgehead atoms. The second-order valence-corrected chi connectivity index (χ2v) is 11.5. The lowest BCUT2D eigenvalue weighted by molar-refractivity contribution is 0.590. The minimum Gasteiger partial charge on any atom is -0.335 e. The van der Waals surface area contributed by atoms with Gasteiger partial charge < -0.3 is 5.84 Å². The van der Waals surface area contributed by atoms with Crippen molar-refractivity contribution in [2.45, 2.75) is 42.0 Å². The molecule has 172 valence electrons. The lowest BCUT2D eigenvalue weighted by atomic mass is 9.87. The summed E-state index contributed by atoms with van der Waals surface area (Å²) in [5, 5.41) is 20.8. The summed E-state index contributed by atoms with van der Waals surface area (Å²) in [6.07, 6.45) is 1.16. The van der Waals surface area contributed by atoms with Gasteiger partial charge in [-0.3, -0.25) is 0 Å². The second-order valence-electron chi connectivity index (χ2n) is 8.57. The first-order valence-corrected chi connectivity index (χ1v) is 12.9. The van der Waals surface area contributed by atoms with Gasteiger partial charge in [-0.25, -0.2) is 13.1 Å². The van der Waals surface area contributed by atoms with E-state index in [1.807, 2.05) is 12.1 Å². The summed E-state index contributed by atoms with van der Waals surface area (Å²) in [4.78, 5) is 0.231. The summed E-state index contributed by atoms with van der Waals surface area (Å²) < 4.78 is 26.3. The van der Waals surface area contributed by atoms with Crippen LogP contribution in [0.5, 0.6) is 0 Å². The zero-order valence-corrected chi connectivity index (χ0v) is 20.3. The van der Waals surface area contributed by atoms with Gasteiger partial charge in [0.25, 0.3) is 0 Å². The zero-order chi connectivity index (χ0) is 23.8. The summed E-state index contributed by atoms with van der Waals surface area (Å²) >= 11 is 1.35. The minimum atomic E-state index is -3.28. The number of hydrogen-bond acceptors (Lipinski definition) is 9. The van der Waals surface area contributed by atoms with E-state index < -0.39 is 9.84 Å². The summed E-state index contributed by atoms with van der Waals surface area (Å²) in [5.41, 5.74) is 2.81. The summed E-state index contributed by atoms with van der Waals surface area (Å²) in [6.45, 7) is 6.49. The van der Waals surface area contributed by atoms with Gasteiger partial charge in [-0.15, -0.1) is 15.3 Å². The predicted molar refractivity (Wildman–Crippen MR) is 126 cm³/mol. The molecule has 0 saturated carbocycles. The quantitative estimate of drug-likeness (QED) is 0.324. The van der Waals surface area contributed by atoms with Crippen LogP contribution in [0.2, 0.25) is 0 Å². The van der Waals surface area contributed by atoms with Gasteiger partial charge in [0.2, 0.25) is 5.16 Å². The Morgan fingerprint density at radius 2 is 1.64 bits per heavy atom. The molecule has 2 aromatic carbocycles. The molecule has 0 fully saturated rings. The fourth-order valence-corrected chi connectivity index (χ4v) is 4.54. The monoisotopic (exact) mass is 484 g/mol. The molecule has 0 aliphatic rings. The Kier molecular flexibility index (Phi) is 5.97. The molecular weight excluding hydrogens is 460 g/mol. The number of nitrogens with zero attached hydrogens (tertiary/aromatic N) is 7. The number of benzene rings is 2. The number of rotatable bonds is 6. The molecule has 0 aliphatic heterocycles. The van der Waals surface area contributed by atoms with E-state index in [1.165, 1.54) is 34.1 Å². The number of aromatic nitrogens is 7. The molecule has 4 aromatic rings. The van der Waals surface area contributed by atoms with E-state index >= 15 is 0 Å². The van der Waals surface area contributed by atoms with Crippen LogP contribution in [0, 0.1) is 0 Å². The third-order valence-corrected chi connectivity index (χ3v) is 7.12. The largest absolute Gasteiger partial charge is 0.335 e. The van der Waals surface area contributed by atoms with Crippen molar-refractivity contribution in [1.29, 1.82) is 0 Å². The maximum atomic E-state index is 11.7. The fraction of sp³-hybridized carbons (Fsp3) is 0.286. The van der Waals surface area contributed by atoms with Crippen LogP contribution in [0.4, 0.5) is 0 Å². The van der Waals surface area contributed by atoms with Crippen molar-refractivity contribution in [3.05, 3.63) is 59.9 Å². The Labute approximate surface area is 196 Å². The van der Waals surface area contributed by atoms with E-state index in [1.54, 1.807) is 16.8 Å². The van der Waals surface area contributed by atoms with Crippen molar-refractivity contribution < 1.29 is 8.42 Å². The molecule has 2 aromatic heterocycles. The molecule has 33 heavy (non-hydrogen) atoms. The highest BCUT2D eigenvalue weighted by atomic mass is 32.2. The van der Waals surface area contributed by atoms with Crippen molar-refractivity contribution >= 4 is 21.6 Å². The molecule has 0 saturated heterocycles. The first-order chi connectivity index (χ1) is 15.5. The van der Waals surface area contributed by atoms with Crippen LogP contribution >= 0.6 is 11.8 Å². The van der Waals surface area contributed by atoms with Gasteiger partial charge in [-0.2, -0.15) is 4.68 Å². The highest BCUT2D eigenvalue weighted by molar-refractivity contribution is 7.98. The number of hydrogen-bond donors (Lipinski definition) is 1. The molecule has 10 nitrogen and oxygen atoms in total. The Morgan fingerprint density at radius 1 is 0.970 bits per heavy atom. The smallest absolute Gasteiger partial charge is 0.210 e. The molecule has 0 atom stereocenters. The minimum absolute atomic E-state index is 0.0605. The van der Waals surface area contributed by atoms with Crippen LogP contribution < -0.4 is 5.84 Å². The Hall–Kier alpha value is -3.25. The highest BCUT2D eigenvalue weighted by Gasteiger charge is 2.17. The molecule has 0 aliphatic carbocycles. The van der Waals surface area contributed by atoms with Gasteiger partial charge in [0.05, 0.1) is 16.3 Å². The number of nitrogen functional groups attached to an aromatic ring is 1. The van der Waals surface area contributed by atoms with E-state index in [0.29, 0.717) is 28.2 Å². The Balaban J connectivity index is 1.50. The topological polar surface area (TPSA) is 134 Å². The highest BCUT2D eigenvalue weighted by Crippen LogP contribution is 2.27. The van der Waals surface area contributed by atoms with Crippen LogP contribution in [0.15, 0.2) is 58.6 Å². The maximum Gasteiger partial charge on any atom is 0.210 e. The van der Waals surface area contributed by atoms with Crippen LogP contribution in [0.1, 0.15) is 32.2 Å². The SMILES string of the molecule is CC(C)(C)c1ccc(-c2nnc(SCc3nnnn3-c3ccc(S(C)(=O)=O)cc3)n2N)cc1. The van der Waals surface area contributed by atoms with E-state index in [-0.39, 0.29) is 10.3 Å². The van der Waals surface area contributed by atoms with Gasteiger partial charge in [-0.1, -0.05) is 56.8 Å². The maximum absolute atomic E-state index is 11.7. The van der Waals surface area contributed by atoms with Crippen molar-refractivity contribution in [2.24, 2.45) is 0 Å². The van der Waals surface area contributed by atoms with Crippen molar-refractivity contribution in [3.63, 3.8) is 0 Å². The number of sulfone groups is 1. The van der Waals surface area contributed by atoms with E-state index in [4.69, 9.17) is 5.84 Å². The first kappa shape index (κ1) is 22.9. The zero-order valence-electron chi connectivity index (χ0n) is 18.7.